The molecule has 15 heavy (non-hydrogen) atoms. The molecule has 0 spiro atoms. The Bertz CT molecular complexity index is 188. The zero-order chi connectivity index (χ0) is 10.7. The highest BCUT2D eigenvalue weighted by Crippen LogP contribution is 2.36. The SMILES string of the molecule is CC(NCC1(C)CCCCCC1)C1CC1. The molecule has 0 saturated heterocycles. The van der Waals surface area contributed by atoms with Gasteiger partial charge in [0.15, 0.2) is 0 Å². The van der Waals surface area contributed by atoms with Crippen LogP contribution in [0.25, 0.3) is 0 Å². The van der Waals surface area contributed by atoms with E-state index in [-0.39, 0.29) is 0 Å². The van der Waals surface area contributed by atoms with Crippen molar-refractivity contribution in [3.63, 3.8) is 0 Å². The standard InChI is InChI=1S/C14H27N/c1-12(13-7-8-13)15-11-14(2)9-5-3-4-6-10-14/h12-13,15H,3-11H2,1-2H3. The molecule has 0 heterocycles. The van der Waals surface area contributed by atoms with Crippen LogP contribution in [-0.4, -0.2) is 12.6 Å². The third kappa shape index (κ3) is 3.48. The van der Waals surface area contributed by atoms with Gasteiger partial charge in [-0.25, -0.2) is 0 Å². The quantitative estimate of drug-likeness (QED) is 0.696. The molecule has 0 amide bonds. The van der Waals surface area contributed by atoms with Gasteiger partial charge in [0.2, 0.25) is 0 Å². The fourth-order valence-electron chi connectivity index (χ4n) is 2.93. The average Bonchev–Trinajstić information content (AvgIpc) is 3.01. The van der Waals surface area contributed by atoms with Crippen LogP contribution in [0.15, 0.2) is 0 Å². The van der Waals surface area contributed by atoms with E-state index in [2.05, 4.69) is 19.2 Å². The molecule has 1 unspecified atom stereocenters. The maximum absolute atomic E-state index is 3.78. The lowest BCUT2D eigenvalue weighted by molar-refractivity contribution is 0.249. The lowest BCUT2D eigenvalue weighted by atomic mass is 9.82. The van der Waals surface area contributed by atoms with Crippen LogP contribution >= 0.6 is 0 Å². The van der Waals surface area contributed by atoms with Crippen LogP contribution in [0.3, 0.4) is 0 Å². The lowest BCUT2D eigenvalue weighted by Crippen LogP contribution is -2.37. The van der Waals surface area contributed by atoms with Gasteiger partial charge in [-0.1, -0.05) is 32.6 Å². The molecule has 0 bridgehead atoms. The maximum Gasteiger partial charge on any atom is 0.00672 e. The van der Waals surface area contributed by atoms with Crippen LogP contribution < -0.4 is 5.32 Å². The third-order valence-electron chi connectivity index (χ3n) is 4.49. The molecule has 1 N–H and O–H groups in total. The normalized spacial score (nSPS) is 28.4. The van der Waals surface area contributed by atoms with Crippen LogP contribution in [0.1, 0.15) is 65.2 Å². The summed E-state index contributed by atoms with van der Waals surface area (Å²) in [6.07, 6.45) is 11.7. The van der Waals surface area contributed by atoms with Crippen LogP contribution in [0.4, 0.5) is 0 Å². The molecule has 2 aliphatic carbocycles. The van der Waals surface area contributed by atoms with Gasteiger partial charge in [0.1, 0.15) is 0 Å². The van der Waals surface area contributed by atoms with Crippen molar-refractivity contribution >= 4 is 0 Å². The van der Waals surface area contributed by atoms with Gasteiger partial charge in [-0.05, 0) is 43.9 Å². The largest absolute Gasteiger partial charge is 0.313 e. The fourth-order valence-corrected chi connectivity index (χ4v) is 2.93. The Morgan fingerprint density at radius 3 is 2.27 bits per heavy atom. The van der Waals surface area contributed by atoms with Crippen LogP contribution in [0.2, 0.25) is 0 Å². The van der Waals surface area contributed by atoms with E-state index in [1.54, 1.807) is 0 Å². The molecule has 0 aromatic carbocycles. The van der Waals surface area contributed by atoms with Crippen LogP contribution in [-0.2, 0) is 0 Å². The zero-order valence-corrected chi connectivity index (χ0v) is 10.5. The van der Waals surface area contributed by atoms with Gasteiger partial charge in [0, 0.05) is 12.6 Å². The Morgan fingerprint density at radius 2 is 1.73 bits per heavy atom. The van der Waals surface area contributed by atoms with Crippen molar-refractivity contribution in [3.8, 4) is 0 Å². The van der Waals surface area contributed by atoms with E-state index in [0.29, 0.717) is 5.41 Å². The highest BCUT2D eigenvalue weighted by atomic mass is 14.9. The van der Waals surface area contributed by atoms with Gasteiger partial charge in [-0.15, -0.1) is 0 Å². The summed E-state index contributed by atoms with van der Waals surface area (Å²) < 4.78 is 0. The van der Waals surface area contributed by atoms with Crippen molar-refractivity contribution in [1.29, 1.82) is 0 Å². The summed E-state index contributed by atoms with van der Waals surface area (Å²) in [4.78, 5) is 0. The van der Waals surface area contributed by atoms with E-state index >= 15 is 0 Å². The first-order valence-corrected chi connectivity index (χ1v) is 6.93. The second-order valence-electron chi connectivity index (χ2n) is 6.23. The van der Waals surface area contributed by atoms with Crippen molar-refractivity contribution in [1.82, 2.24) is 5.32 Å². The second-order valence-corrected chi connectivity index (χ2v) is 6.23. The molecular weight excluding hydrogens is 182 g/mol. The van der Waals surface area contributed by atoms with Gasteiger partial charge >= 0.3 is 0 Å². The summed E-state index contributed by atoms with van der Waals surface area (Å²) >= 11 is 0. The lowest BCUT2D eigenvalue weighted by Gasteiger charge is -2.30. The third-order valence-corrected chi connectivity index (χ3v) is 4.49. The topological polar surface area (TPSA) is 12.0 Å². The highest BCUT2D eigenvalue weighted by molar-refractivity contribution is 4.86. The van der Waals surface area contributed by atoms with Crippen molar-refractivity contribution < 1.29 is 0 Å². The molecule has 1 nitrogen and oxygen atoms in total. The van der Waals surface area contributed by atoms with E-state index in [1.165, 1.54) is 57.9 Å². The summed E-state index contributed by atoms with van der Waals surface area (Å²) in [7, 11) is 0. The number of hydrogen-bond donors (Lipinski definition) is 1. The number of hydrogen-bond acceptors (Lipinski definition) is 1. The van der Waals surface area contributed by atoms with E-state index in [1.807, 2.05) is 0 Å². The molecule has 2 rings (SSSR count). The highest BCUT2D eigenvalue weighted by Gasteiger charge is 2.30. The van der Waals surface area contributed by atoms with Crippen molar-refractivity contribution in [2.45, 2.75) is 71.3 Å². The van der Waals surface area contributed by atoms with Gasteiger partial charge in [0.25, 0.3) is 0 Å². The van der Waals surface area contributed by atoms with Gasteiger partial charge < -0.3 is 5.32 Å². The van der Waals surface area contributed by atoms with Crippen molar-refractivity contribution in [2.75, 3.05) is 6.54 Å². The molecule has 2 fully saturated rings. The predicted octanol–water partition coefficient (Wildman–Crippen LogP) is 3.74. The summed E-state index contributed by atoms with van der Waals surface area (Å²) in [5.41, 5.74) is 0.597. The summed E-state index contributed by atoms with van der Waals surface area (Å²) in [5.74, 6) is 0.999. The Hall–Kier alpha value is -0.0400. The van der Waals surface area contributed by atoms with E-state index < -0.39 is 0 Å². The molecule has 2 saturated carbocycles. The second kappa shape index (κ2) is 4.86. The molecule has 0 radical (unpaired) electrons. The smallest absolute Gasteiger partial charge is 0.00672 e. The van der Waals surface area contributed by atoms with Crippen molar-refractivity contribution in [3.05, 3.63) is 0 Å². The van der Waals surface area contributed by atoms with Crippen LogP contribution in [0, 0.1) is 11.3 Å². The summed E-state index contributed by atoms with van der Waals surface area (Å²) in [5, 5.41) is 3.78. The zero-order valence-electron chi connectivity index (χ0n) is 10.5. The van der Waals surface area contributed by atoms with Gasteiger partial charge in [-0.3, -0.25) is 0 Å². The van der Waals surface area contributed by atoms with E-state index in [9.17, 15) is 0 Å². The molecule has 88 valence electrons. The number of rotatable bonds is 4. The Balaban J connectivity index is 1.74. The summed E-state index contributed by atoms with van der Waals surface area (Å²) in [6.45, 7) is 6.12. The molecule has 2 aliphatic rings. The first-order chi connectivity index (χ1) is 7.20. The monoisotopic (exact) mass is 209 g/mol. The van der Waals surface area contributed by atoms with Gasteiger partial charge in [0.05, 0.1) is 0 Å². The first kappa shape index (κ1) is 11.4. The minimum atomic E-state index is 0.597. The molecule has 0 aliphatic heterocycles. The first-order valence-electron chi connectivity index (χ1n) is 6.93. The predicted molar refractivity (Wildman–Crippen MR) is 66.0 cm³/mol. The fraction of sp³-hybridized carbons (Fsp3) is 1.00. The Morgan fingerprint density at radius 1 is 1.13 bits per heavy atom. The maximum atomic E-state index is 3.78. The minimum Gasteiger partial charge on any atom is -0.313 e. The molecule has 0 aromatic heterocycles. The number of nitrogens with one attached hydrogen (secondary N) is 1. The van der Waals surface area contributed by atoms with Crippen LogP contribution in [0.5, 0.6) is 0 Å². The summed E-state index contributed by atoms with van der Waals surface area (Å²) in [6, 6.07) is 0.769. The molecular formula is C14H27N. The van der Waals surface area contributed by atoms with E-state index in [4.69, 9.17) is 0 Å². The van der Waals surface area contributed by atoms with Gasteiger partial charge in [-0.2, -0.15) is 0 Å². The Kier molecular flexibility index (Phi) is 3.71. The Labute approximate surface area is 95.0 Å². The molecule has 1 heteroatoms. The molecule has 0 aromatic rings. The minimum absolute atomic E-state index is 0.597. The molecule has 1 atom stereocenters. The van der Waals surface area contributed by atoms with E-state index in [0.717, 1.165) is 12.0 Å². The average molecular weight is 209 g/mol. The van der Waals surface area contributed by atoms with Crippen molar-refractivity contribution in [2.24, 2.45) is 11.3 Å².